The molecule has 224 valence electrons. The van der Waals surface area contributed by atoms with E-state index in [0.29, 0.717) is 33.6 Å². The molecule has 0 aliphatic carbocycles. The van der Waals surface area contributed by atoms with Gasteiger partial charge in [-0.05, 0) is 66.4 Å². The summed E-state index contributed by atoms with van der Waals surface area (Å²) in [7, 11) is -3.09. The van der Waals surface area contributed by atoms with Crippen LogP contribution in [0.25, 0.3) is 0 Å². The van der Waals surface area contributed by atoms with Gasteiger partial charge in [0.05, 0.1) is 16.5 Å². The second kappa shape index (κ2) is 13.5. The summed E-state index contributed by atoms with van der Waals surface area (Å²) in [4.78, 5) is 22.1. The second-order valence-corrected chi connectivity index (χ2v) is 13.2. The summed E-state index contributed by atoms with van der Waals surface area (Å²) in [6, 6.07) is 25.4. The highest BCUT2D eigenvalue weighted by Crippen LogP contribution is 2.28. The average molecular weight is 620 g/mol. The maximum Gasteiger partial charge on any atom is 0.326 e. The summed E-state index contributed by atoms with van der Waals surface area (Å²) in [6.07, 6.45) is 4.65. The number of pyridine rings is 1. The van der Waals surface area contributed by atoms with Crippen LogP contribution in [0.1, 0.15) is 24.0 Å². The van der Waals surface area contributed by atoms with Crippen molar-refractivity contribution in [3.05, 3.63) is 107 Å². The van der Waals surface area contributed by atoms with Crippen molar-refractivity contribution >= 4 is 44.5 Å². The van der Waals surface area contributed by atoms with Crippen LogP contribution in [0.15, 0.2) is 91.1 Å². The van der Waals surface area contributed by atoms with Crippen LogP contribution in [0, 0.1) is 0 Å². The Morgan fingerprint density at radius 1 is 1.02 bits per heavy atom. The van der Waals surface area contributed by atoms with Gasteiger partial charge in [-0.3, -0.25) is 9.80 Å². The SMILES string of the molecule is CS(=O)(=O)Cc1ccc(Oc2ccc(CN3CCC(N(C(=O)Nc4ccc(Cl)c(N)c4)c4ccccc4)CC3)cn2)cc1. The number of aromatic nitrogens is 1. The minimum atomic E-state index is -3.09. The number of hydrogen-bond donors (Lipinski definition) is 2. The fourth-order valence-electron chi connectivity index (χ4n) is 5.12. The van der Waals surface area contributed by atoms with Crippen LogP contribution >= 0.6 is 11.6 Å². The first-order valence-corrected chi connectivity index (χ1v) is 16.4. The molecule has 2 heterocycles. The Balaban J connectivity index is 1.17. The number of para-hydroxylation sites is 1. The fourth-order valence-corrected chi connectivity index (χ4v) is 6.04. The summed E-state index contributed by atoms with van der Waals surface area (Å²) < 4.78 is 28.8. The van der Waals surface area contributed by atoms with E-state index in [2.05, 4.69) is 15.2 Å². The number of rotatable bonds is 9. The number of nitrogens with zero attached hydrogens (tertiary/aromatic N) is 3. The van der Waals surface area contributed by atoms with Gasteiger partial charge in [-0.1, -0.05) is 48.0 Å². The monoisotopic (exact) mass is 619 g/mol. The van der Waals surface area contributed by atoms with Gasteiger partial charge in [0.15, 0.2) is 9.84 Å². The van der Waals surface area contributed by atoms with Crippen molar-refractivity contribution in [1.82, 2.24) is 9.88 Å². The number of halogens is 1. The number of amides is 2. The van der Waals surface area contributed by atoms with E-state index in [-0.39, 0.29) is 17.8 Å². The topological polar surface area (TPSA) is 118 Å². The van der Waals surface area contributed by atoms with Gasteiger partial charge in [-0.25, -0.2) is 18.2 Å². The highest BCUT2D eigenvalue weighted by molar-refractivity contribution is 7.89. The summed E-state index contributed by atoms with van der Waals surface area (Å²) in [5.74, 6) is 1.05. The minimum absolute atomic E-state index is 0.00603. The lowest BCUT2D eigenvalue weighted by Gasteiger charge is -2.38. The molecule has 11 heteroatoms. The Labute approximate surface area is 257 Å². The average Bonchev–Trinajstić information content (AvgIpc) is 2.98. The van der Waals surface area contributed by atoms with Gasteiger partial charge in [-0.2, -0.15) is 0 Å². The molecule has 0 saturated carbocycles. The van der Waals surface area contributed by atoms with Crippen molar-refractivity contribution < 1.29 is 17.9 Å². The number of urea groups is 1. The van der Waals surface area contributed by atoms with Crippen LogP contribution in [0.2, 0.25) is 5.02 Å². The molecule has 0 atom stereocenters. The lowest BCUT2D eigenvalue weighted by atomic mass is 10.0. The Morgan fingerprint density at radius 3 is 2.35 bits per heavy atom. The Morgan fingerprint density at radius 2 is 1.72 bits per heavy atom. The lowest BCUT2D eigenvalue weighted by molar-refractivity contribution is 0.199. The lowest BCUT2D eigenvalue weighted by Crippen LogP contribution is -2.49. The third-order valence-electron chi connectivity index (χ3n) is 7.20. The molecule has 43 heavy (non-hydrogen) atoms. The maximum atomic E-state index is 13.5. The van der Waals surface area contributed by atoms with Crippen LogP contribution < -0.4 is 20.7 Å². The predicted octanol–water partition coefficient (Wildman–Crippen LogP) is 6.36. The van der Waals surface area contributed by atoms with Gasteiger partial charge in [-0.15, -0.1) is 0 Å². The number of nitrogens with one attached hydrogen (secondary N) is 1. The van der Waals surface area contributed by atoms with Crippen molar-refractivity contribution in [2.24, 2.45) is 0 Å². The van der Waals surface area contributed by atoms with Crippen LogP contribution in [-0.4, -0.2) is 49.7 Å². The molecule has 0 radical (unpaired) electrons. The number of hydrogen-bond acceptors (Lipinski definition) is 7. The van der Waals surface area contributed by atoms with Crippen molar-refractivity contribution in [1.29, 1.82) is 0 Å². The summed E-state index contributed by atoms with van der Waals surface area (Å²) in [5.41, 5.74) is 9.55. The molecule has 0 bridgehead atoms. The molecule has 0 spiro atoms. The number of ether oxygens (including phenoxy) is 1. The molecule has 9 nitrogen and oxygen atoms in total. The molecule has 4 aromatic rings. The Hall–Kier alpha value is -4.12. The molecule has 1 fully saturated rings. The molecular weight excluding hydrogens is 586 g/mol. The molecule has 1 saturated heterocycles. The molecule has 0 unspecified atom stereocenters. The first-order valence-electron chi connectivity index (χ1n) is 13.9. The standard InChI is InChI=1S/C32H34ClN5O4S/c1-43(40,41)22-23-7-11-28(12-8-23)42-31-14-9-24(20-35-31)21-37-17-15-27(16-18-37)38(26-5-3-2-4-6-26)32(39)36-25-10-13-29(33)30(34)19-25/h2-14,19-20,27H,15-18,21-22,34H2,1H3,(H,36,39). The summed E-state index contributed by atoms with van der Waals surface area (Å²) in [6.45, 7) is 2.39. The second-order valence-electron chi connectivity index (χ2n) is 10.7. The zero-order chi connectivity index (χ0) is 30.4. The first kappa shape index (κ1) is 30.3. The quantitative estimate of drug-likeness (QED) is 0.209. The number of carbonyl (C=O) groups excluding carboxylic acids is 1. The van der Waals surface area contributed by atoms with Gasteiger partial charge in [0.1, 0.15) is 5.75 Å². The highest BCUT2D eigenvalue weighted by atomic mass is 35.5. The van der Waals surface area contributed by atoms with Crippen molar-refractivity contribution in [2.45, 2.75) is 31.2 Å². The maximum absolute atomic E-state index is 13.5. The van der Waals surface area contributed by atoms with Gasteiger partial charge in [0, 0.05) is 55.6 Å². The Bertz CT molecular complexity index is 1640. The summed E-state index contributed by atoms with van der Waals surface area (Å²) >= 11 is 6.05. The number of piperidine rings is 1. The van der Waals surface area contributed by atoms with Crippen molar-refractivity contribution in [2.75, 3.05) is 35.3 Å². The number of anilines is 3. The first-order chi connectivity index (χ1) is 20.6. The molecule has 5 rings (SSSR count). The molecule has 1 aliphatic rings. The van der Waals surface area contributed by atoms with Crippen molar-refractivity contribution in [3.8, 4) is 11.6 Å². The number of carbonyl (C=O) groups is 1. The number of likely N-dealkylation sites (tertiary alicyclic amines) is 1. The third-order valence-corrected chi connectivity index (χ3v) is 8.40. The van der Waals surface area contributed by atoms with E-state index in [9.17, 15) is 13.2 Å². The van der Waals surface area contributed by atoms with Gasteiger partial charge < -0.3 is 15.8 Å². The van der Waals surface area contributed by atoms with Crippen LogP contribution in [-0.2, 0) is 22.1 Å². The molecular formula is C32H34ClN5O4S. The van der Waals surface area contributed by atoms with Gasteiger partial charge in [0.2, 0.25) is 5.88 Å². The largest absolute Gasteiger partial charge is 0.439 e. The van der Waals surface area contributed by atoms with Crippen LogP contribution in [0.4, 0.5) is 21.9 Å². The molecule has 3 aromatic carbocycles. The zero-order valence-corrected chi connectivity index (χ0v) is 25.4. The fraction of sp³-hybridized carbons (Fsp3) is 0.250. The van der Waals surface area contributed by atoms with Crippen LogP contribution in [0.3, 0.4) is 0 Å². The van der Waals surface area contributed by atoms with Gasteiger partial charge >= 0.3 is 6.03 Å². The third kappa shape index (κ3) is 8.47. The molecule has 1 aliphatic heterocycles. The van der Waals surface area contributed by atoms with E-state index in [1.165, 1.54) is 6.26 Å². The minimum Gasteiger partial charge on any atom is -0.439 e. The smallest absolute Gasteiger partial charge is 0.326 e. The molecule has 1 aromatic heterocycles. The van der Waals surface area contributed by atoms with Crippen LogP contribution in [0.5, 0.6) is 11.6 Å². The zero-order valence-electron chi connectivity index (χ0n) is 23.8. The van der Waals surface area contributed by atoms with E-state index < -0.39 is 9.84 Å². The highest BCUT2D eigenvalue weighted by Gasteiger charge is 2.29. The number of nitrogen functional groups attached to an aromatic ring is 1. The van der Waals surface area contributed by atoms with E-state index in [1.807, 2.05) is 47.4 Å². The van der Waals surface area contributed by atoms with E-state index in [0.717, 1.165) is 43.7 Å². The van der Waals surface area contributed by atoms with E-state index in [1.54, 1.807) is 48.7 Å². The van der Waals surface area contributed by atoms with Gasteiger partial charge in [0.25, 0.3) is 0 Å². The normalized spacial score (nSPS) is 14.3. The molecule has 2 amide bonds. The van der Waals surface area contributed by atoms with E-state index in [4.69, 9.17) is 22.1 Å². The number of sulfone groups is 1. The van der Waals surface area contributed by atoms with E-state index >= 15 is 0 Å². The number of benzene rings is 3. The molecule has 3 N–H and O–H groups in total. The summed E-state index contributed by atoms with van der Waals surface area (Å²) in [5, 5.41) is 3.43. The Kier molecular flexibility index (Phi) is 9.49. The van der Waals surface area contributed by atoms with Crippen molar-refractivity contribution in [3.63, 3.8) is 0 Å². The predicted molar refractivity (Wildman–Crippen MR) is 171 cm³/mol. The number of nitrogens with two attached hydrogens (primary N) is 1.